The molecule has 2 aromatic heterocycles. The van der Waals surface area contributed by atoms with E-state index in [1.54, 1.807) is 24.4 Å². The number of hydrogen-bond acceptors (Lipinski definition) is 5. The van der Waals surface area contributed by atoms with Crippen molar-refractivity contribution in [2.75, 3.05) is 19.9 Å². The first-order chi connectivity index (χ1) is 13.8. The Hall–Kier alpha value is -2.42. The number of benzene rings is 1. The molecule has 0 spiro atoms. The molecule has 2 heterocycles. The van der Waals surface area contributed by atoms with Crippen LogP contribution in [0.3, 0.4) is 0 Å². The summed E-state index contributed by atoms with van der Waals surface area (Å²) in [7, 11) is -1.88. The van der Waals surface area contributed by atoms with Crippen LogP contribution < -0.4 is 9.57 Å². The van der Waals surface area contributed by atoms with E-state index in [1.807, 2.05) is 17.6 Å². The van der Waals surface area contributed by atoms with E-state index in [9.17, 15) is 12.8 Å². The zero-order valence-corrected chi connectivity index (χ0v) is 17.8. The molecule has 0 aliphatic rings. The Morgan fingerprint density at radius 2 is 2.10 bits per heavy atom. The second kappa shape index (κ2) is 8.52. The summed E-state index contributed by atoms with van der Waals surface area (Å²) in [6.45, 7) is 2.06. The molecule has 3 rings (SSSR count). The topological polar surface area (TPSA) is 73.2 Å². The van der Waals surface area contributed by atoms with Crippen LogP contribution in [0.2, 0.25) is 0 Å². The van der Waals surface area contributed by atoms with Gasteiger partial charge in [-0.05, 0) is 54.6 Å². The predicted octanol–water partition coefficient (Wildman–Crippen LogP) is 4.02. The Balaban J connectivity index is 2.28. The number of nitrogens with one attached hydrogen (secondary N) is 1. The highest BCUT2D eigenvalue weighted by molar-refractivity contribution is 7.90. The van der Waals surface area contributed by atoms with Crippen molar-refractivity contribution in [3.05, 3.63) is 54.1 Å². The fourth-order valence-corrected chi connectivity index (χ4v) is 4.03. The highest BCUT2D eigenvalue weighted by atomic mass is 35.5. The van der Waals surface area contributed by atoms with E-state index in [2.05, 4.69) is 9.82 Å². The molecule has 0 aliphatic heterocycles. The molecule has 0 bridgehead atoms. The van der Waals surface area contributed by atoms with E-state index >= 15 is 0 Å². The molecule has 154 valence electrons. The Morgan fingerprint density at radius 1 is 1.34 bits per heavy atom. The van der Waals surface area contributed by atoms with Crippen molar-refractivity contribution in [3.8, 4) is 17.0 Å². The van der Waals surface area contributed by atoms with E-state index in [1.165, 1.54) is 19.3 Å². The van der Waals surface area contributed by atoms with Crippen molar-refractivity contribution >= 4 is 32.5 Å². The van der Waals surface area contributed by atoms with Crippen molar-refractivity contribution in [2.45, 2.75) is 18.4 Å². The third-order valence-electron chi connectivity index (χ3n) is 4.67. The van der Waals surface area contributed by atoms with Gasteiger partial charge in [0.05, 0.1) is 18.6 Å². The van der Waals surface area contributed by atoms with E-state index in [0.717, 1.165) is 28.6 Å². The van der Waals surface area contributed by atoms with Crippen LogP contribution in [0, 0.1) is 6.92 Å². The number of rotatable bonds is 7. The third-order valence-corrected chi connectivity index (χ3v) is 5.93. The number of fused-ring (bicyclic) bond motifs is 1. The first-order valence-corrected chi connectivity index (χ1v) is 11.0. The zero-order chi connectivity index (χ0) is 21.2. The summed E-state index contributed by atoms with van der Waals surface area (Å²) in [5.41, 5.74) is 3.12. The molecule has 0 saturated heterocycles. The Bertz CT molecular complexity index is 1190. The molecule has 0 radical (unpaired) electrons. The molecule has 0 fully saturated rings. The first kappa shape index (κ1) is 21.3. The molecule has 1 N–H and O–H groups in total. The number of halogens is 2. The molecular weight excluding hydrogens is 417 g/mol. The van der Waals surface area contributed by atoms with Crippen molar-refractivity contribution in [1.82, 2.24) is 14.4 Å². The molecule has 6 nitrogen and oxygen atoms in total. The molecule has 0 atom stereocenters. The van der Waals surface area contributed by atoms with Crippen molar-refractivity contribution in [1.29, 1.82) is 0 Å². The number of pyridine rings is 1. The smallest absolute Gasteiger partial charge is 0.213 e. The van der Waals surface area contributed by atoms with Gasteiger partial charge >= 0.3 is 0 Å². The van der Waals surface area contributed by atoms with E-state index in [-0.39, 0.29) is 23.8 Å². The summed E-state index contributed by atoms with van der Waals surface area (Å²) in [6.07, 6.45) is 4.14. The quantitative estimate of drug-likeness (QED) is 0.565. The summed E-state index contributed by atoms with van der Waals surface area (Å²) in [6, 6.07) is 8.44. The van der Waals surface area contributed by atoms with Crippen LogP contribution in [-0.4, -0.2) is 37.9 Å². The number of ether oxygens (including phenoxy) is 1. The van der Waals surface area contributed by atoms with Crippen LogP contribution in [-0.2, 0) is 16.4 Å². The average molecular weight is 438 g/mol. The van der Waals surface area contributed by atoms with Gasteiger partial charge in [0.25, 0.3) is 0 Å². The van der Waals surface area contributed by atoms with Gasteiger partial charge in [-0.25, -0.2) is 22.6 Å². The fraction of sp³-hybridized carbons (Fsp3) is 0.250. The lowest BCUT2D eigenvalue weighted by molar-refractivity contribution is 0.398. The summed E-state index contributed by atoms with van der Waals surface area (Å²) in [4.78, 5) is 6.69. The highest BCUT2D eigenvalue weighted by Gasteiger charge is 2.19. The van der Waals surface area contributed by atoms with Crippen molar-refractivity contribution in [3.63, 3.8) is 0 Å². The number of aromatic nitrogens is 2. The van der Waals surface area contributed by atoms with Crippen LogP contribution in [0.4, 0.5) is 4.39 Å². The first-order valence-electron chi connectivity index (χ1n) is 8.77. The van der Waals surface area contributed by atoms with Crippen LogP contribution in [0.25, 0.3) is 22.0 Å². The summed E-state index contributed by atoms with van der Waals surface area (Å²) in [5, 5.41) is 0.710. The second-order valence-electron chi connectivity index (χ2n) is 6.57. The minimum Gasteiger partial charge on any atom is -0.481 e. The Labute approximate surface area is 174 Å². The monoisotopic (exact) mass is 437 g/mol. The number of sulfone groups is 1. The number of methoxy groups -OCH3 is 1. The predicted molar refractivity (Wildman–Crippen MR) is 113 cm³/mol. The highest BCUT2D eigenvalue weighted by Crippen LogP contribution is 2.37. The lowest BCUT2D eigenvalue weighted by atomic mass is 10.0. The standard InChI is InChI=1S/C20H21ClFN3O3S/c1-13-20(14-6-8-23-19(10-14)28-2)17-11-16(29(3,26)27)4-5-18(17)25(13)12-15(22)7-9-24-21/h4-8,10-11,24H,9,12H2,1-3H3/b15-7-. The van der Waals surface area contributed by atoms with Gasteiger partial charge in [-0.3, -0.25) is 0 Å². The largest absolute Gasteiger partial charge is 0.481 e. The molecule has 3 aromatic rings. The van der Waals surface area contributed by atoms with Crippen LogP contribution in [0.15, 0.2) is 53.3 Å². The molecule has 9 heteroatoms. The normalized spacial score (nSPS) is 12.5. The summed E-state index contributed by atoms with van der Waals surface area (Å²) < 4.78 is 45.6. The minimum absolute atomic E-state index is 0.00133. The number of nitrogens with zero attached hydrogens (tertiary/aromatic N) is 2. The summed E-state index contributed by atoms with van der Waals surface area (Å²) >= 11 is 5.41. The second-order valence-corrected chi connectivity index (χ2v) is 8.86. The average Bonchev–Trinajstić information content (AvgIpc) is 2.96. The minimum atomic E-state index is -3.40. The van der Waals surface area contributed by atoms with Crippen molar-refractivity contribution < 1.29 is 17.5 Å². The van der Waals surface area contributed by atoms with Gasteiger partial charge in [0.15, 0.2) is 9.84 Å². The Morgan fingerprint density at radius 3 is 2.76 bits per heavy atom. The van der Waals surface area contributed by atoms with Gasteiger partial charge in [0.2, 0.25) is 5.88 Å². The third kappa shape index (κ3) is 4.44. The maximum atomic E-state index is 14.4. The lowest BCUT2D eigenvalue weighted by Crippen LogP contribution is -2.04. The molecule has 0 saturated carbocycles. The maximum Gasteiger partial charge on any atom is 0.213 e. The van der Waals surface area contributed by atoms with Gasteiger partial charge in [-0.1, -0.05) is 0 Å². The van der Waals surface area contributed by atoms with Crippen molar-refractivity contribution in [2.24, 2.45) is 0 Å². The Kier molecular flexibility index (Phi) is 6.26. The van der Waals surface area contributed by atoms with Crippen LogP contribution in [0.5, 0.6) is 5.88 Å². The molecule has 29 heavy (non-hydrogen) atoms. The van der Waals surface area contributed by atoms with E-state index in [0.29, 0.717) is 11.3 Å². The number of allylic oxidation sites excluding steroid dienone is 1. The SMILES string of the molecule is COc1cc(-c2c(C)n(C/C(F)=C/CNCl)c3ccc(S(C)(=O)=O)cc23)ccn1. The van der Waals surface area contributed by atoms with Crippen LogP contribution >= 0.6 is 11.8 Å². The van der Waals surface area contributed by atoms with Gasteiger partial charge < -0.3 is 9.30 Å². The van der Waals surface area contributed by atoms with Gasteiger partial charge in [0.1, 0.15) is 5.83 Å². The molecule has 1 aromatic carbocycles. The van der Waals surface area contributed by atoms with Gasteiger partial charge in [-0.15, -0.1) is 0 Å². The van der Waals surface area contributed by atoms with E-state index < -0.39 is 9.84 Å². The van der Waals surface area contributed by atoms with Gasteiger partial charge in [0, 0.05) is 47.2 Å². The maximum absolute atomic E-state index is 14.4. The molecular formula is C20H21ClFN3O3S. The fourth-order valence-electron chi connectivity index (χ4n) is 3.30. The summed E-state index contributed by atoms with van der Waals surface area (Å²) in [5.74, 6) is 0.0746. The molecule has 0 amide bonds. The lowest BCUT2D eigenvalue weighted by Gasteiger charge is -2.08. The molecule has 0 unspecified atom stereocenters. The zero-order valence-electron chi connectivity index (χ0n) is 16.2. The van der Waals surface area contributed by atoms with E-state index in [4.69, 9.17) is 16.5 Å². The van der Waals surface area contributed by atoms with Gasteiger partial charge in [-0.2, -0.15) is 0 Å². The molecule has 0 aliphatic carbocycles. The van der Waals surface area contributed by atoms with Crippen LogP contribution in [0.1, 0.15) is 5.69 Å². The number of hydrogen-bond donors (Lipinski definition) is 1.